The van der Waals surface area contributed by atoms with Crippen LogP contribution in [0, 0.1) is 52.3 Å². The molecular weight excluding hydrogens is 412 g/mol. The lowest BCUT2D eigenvalue weighted by Gasteiger charge is -2.61. The van der Waals surface area contributed by atoms with Crippen molar-refractivity contribution < 1.29 is 19.0 Å². The molecule has 4 aliphatic carbocycles. The van der Waals surface area contributed by atoms with E-state index in [4.69, 9.17) is 14.2 Å². The quantitative estimate of drug-likeness (QED) is 0.351. The maximum atomic E-state index is 11.5. The number of fused-ring (bicyclic) bond motifs is 7. The minimum Gasteiger partial charge on any atom is -0.463 e. The van der Waals surface area contributed by atoms with Gasteiger partial charge in [-0.3, -0.25) is 4.79 Å². The highest BCUT2D eigenvalue weighted by Crippen LogP contribution is 2.71. The SMILES string of the molecule is CC(=O)OC1CC[C@]2(C)C3CC[C@@]4(C)C(C[C@@H]5OC6(C=C[C@@H](C)CO6)[C@@H](C)[C@@H]54)C3CC[C@@H]2C1. The van der Waals surface area contributed by atoms with Gasteiger partial charge in [0.15, 0.2) is 5.79 Å². The molecule has 12 atom stereocenters. The molecule has 0 amide bonds. The molecule has 0 N–H and O–H groups in total. The molecule has 0 aromatic carbocycles. The van der Waals surface area contributed by atoms with Gasteiger partial charge in [0.2, 0.25) is 0 Å². The van der Waals surface area contributed by atoms with Gasteiger partial charge in [-0.2, -0.15) is 0 Å². The van der Waals surface area contributed by atoms with E-state index in [9.17, 15) is 4.79 Å². The van der Waals surface area contributed by atoms with Crippen LogP contribution in [0.5, 0.6) is 0 Å². The van der Waals surface area contributed by atoms with Gasteiger partial charge in [-0.15, -0.1) is 0 Å². The lowest BCUT2D eigenvalue weighted by Crippen LogP contribution is -2.55. The third-order valence-corrected chi connectivity index (χ3v) is 11.8. The molecule has 1 saturated heterocycles. The lowest BCUT2D eigenvalue weighted by atomic mass is 9.44. The van der Waals surface area contributed by atoms with Gasteiger partial charge in [-0.05, 0) is 104 Å². The van der Waals surface area contributed by atoms with Crippen molar-refractivity contribution in [1.29, 1.82) is 0 Å². The Bertz CT molecular complexity index is 837. The van der Waals surface area contributed by atoms with E-state index in [1.54, 1.807) is 6.92 Å². The lowest BCUT2D eigenvalue weighted by molar-refractivity contribution is -0.224. The summed E-state index contributed by atoms with van der Waals surface area (Å²) in [4.78, 5) is 11.5. The number of carbonyl (C=O) groups excluding carboxylic acids is 1. The molecule has 5 fully saturated rings. The van der Waals surface area contributed by atoms with Crippen molar-refractivity contribution in [3.63, 3.8) is 0 Å². The first-order valence-electron chi connectivity index (χ1n) is 13.8. The monoisotopic (exact) mass is 456 g/mol. The summed E-state index contributed by atoms with van der Waals surface area (Å²) >= 11 is 0. The Morgan fingerprint density at radius 3 is 2.52 bits per heavy atom. The van der Waals surface area contributed by atoms with Crippen molar-refractivity contribution in [3.05, 3.63) is 12.2 Å². The fourth-order valence-corrected chi connectivity index (χ4v) is 10.2. The third-order valence-electron chi connectivity index (χ3n) is 11.8. The predicted octanol–water partition coefficient (Wildman–Crippen LogP) is 6.14. The van der Waals surface area contributed by atoms with Crippen LogP contribution in [-0.2, 0) is 19.0 Å². The van der Waals surface area contributed by atoms with Crippen LogP contribution in [0.2, 0.25) is 0 Å². The number of hydrogen-bond donors (Lipinski definition) is 0. The van der Waals surface area contributed by atoms with Crippen molar-refractivity contribution in [1.82, 2.24) is 0 Å². The van der Waals surface area contributed by atoms with E-state index in [2.05, 4.69) is 39.8 Å². The fourth-order valence-electron chi connectivity index (χ4n) is 10.2. The second-order valence-electron chi connectivity index (χ2n) is 13.3. The van der Waals surface area contributed by atoms with Crippen LogP contribution < -0.4 is 0 Å². The summed E-state index contributed by atoms with van der Waals surface area (Å²) in [6, 6.07) is 0. The van der Waals surface area contributed by atoms with E-state index in [0.29, 0.717) is 40.6 Å². The first-order valence-corrected chi connectivity index (χ1v) is 13.8. The first-order chi connectivity index (χ1) is 15.7. The molecule has 0 bridgehead atoms. The van der Waals surface area contributed by atoms with Gasteiger partial charge < -0.3 is 14.2 Å². The Balaban J connectivity index is 1.22. The Labute approximate surface area is 200 Å². The van der Waals surface area contributed by atoms with Crippen LogP contribution in [0.1, 0.15) is 86.0 Å². The van der Waals surface area contributed by atoms with E-state index in [-0.39, 0.29) is 12.1 Å². The molecule has 33 heavy (non-hydrogen) atoms. The molecule has 6 aliphatic rings. The highest BCUT2D eigenvalue weighted by atomic mass is 16.7. The zero-order valence-electron chi connectivity index (χ0n) is 21.3. The summed E-state index contributed by atoms with van der Waals surface area (Å²) in [6.07, 6.45) is 15.0. The van der Waals surface area contributed by atoms with Crippen LogP contribution in [0.15, 0.2) is 12.2 Å². The van der Waals surface area contributed by atoms with Crippen molar-refractivity contribution in [2.75, 3.05) is 6.61 Å². The standard InChI is InChI=1S/C29H44O4/c1-17-8-13-29(31-16-17)18(2)26-25(33-29)15-24-22-7-6-20-14-21(32-19(3)30)9-11-27(20,4)23(22)10-12-28(24,26)5/h8,13,17-18,20-26H,6-7,9-12,14-16H2,1-5H3/t17-,18+,20-,21?,22?,23?,24?,25+,26+,27+,28+,29?/m1/s1. The minimum atomic E-state index is -0.481. The summed E-state index contributed by atoms with van der Waals surface area (Å²) in [5.41, 5.74) is 0.783. The van der Waals surface area contributed by atoms with E-state index >= 15 is 0 Å². The normalized spacial score (nSPS) is 57.2. The summed E-state index contributed by atoms with van der Waals surface area (Å²) in [5, 5.41) is 0. The molecule has 2 aliphatic heterocycles. The molecule has 4 saturated carbocycles. The summed E-state index contributed by atoms with van der Waals surface area (Å²) in [6.45, 7) is 12.2. The van der Waals surface area contributed by atoms with Crippen molar-refractivity contribution in [2.45, 2.75) is 104 Å². The molecule has 0 aromatic rings. The van der Waals surface area contributed by atoms with Crippen LogP contribution in [-0.4, -0.2) is 30.6 Å². The molecule has 1 spiro atoms. The third kappa shape index (κ3) is 3.18. The average molecular weight is 457 g/mol. The van der Waals surface area contributed by atoms with Gasteiger partial charge in [-0.1, -0.05) is 33.8 Å². The van der Waals surface area contributed by atoms with Gasteiger partial charge in [0.25, 0.3) is 0 Å². The second kappa shape index (κ2) is 7.56. The molecule has 2 heterocycles. The van der Waals surface area contributed by atoms with E-state index < -0.39 is 5.79 Å². The largest absolute Gasteiger partial charge is 0.463 e. The van der Waals surface area contributed by atoms with Crippen LogP contribution >= 0.6 is 0 Å². The summed E-state index contributed by atoms with van der Waals surface area (Å²) < 4.78 is 18.9. The Morgan fingerprint density at radius 2 is 1.79 bits per heavy atom. The number of ether oxygens (including phenoxy) is 3. The fraction of sp³-hybridized carbons (Fsp3) is 0.897. The van der Waals surface area contributed by atoms with Crippen LogP contribution in [0.3, 0.4) is 0 Å². The number of hydrogen-bond acceptors (Lipinski definition) is 4. The highest BCUT2D eigenvalue weighted by Gasteiger charge is 2.68. The molecular formula is C29H44O4. The van der Waals surface area contributed by atoms with Crippen LogP contribution in [0.4, 0.5) is 0 Å². The van der Waals surface area contributed by atoms with Gasteiger partial charge in [0.1, 0.15) is 6.10 Å². The van der Waals surface area contributed by atoms with Crippen molar-refractivity contribution in [2.24, 2.45) is 52.3 Å². The van der Waals surface area contributed by atoms with E-state index in [0.717, 1.165) is 37.2 Å². The van der Waals surface area contributed by atoms with Gasteiger partial charge in [0.05, 0.1) is 12.7 Å². The van der Waals surface area contributed by atoms with Gasteiger partial charge in [-0.25, -0.2) is 0 Å². The van der Waals surface area contributed by atoms with Crippen molar-refractivity contribution >= 4 is 5.97 Å². The van der Waals surface area contributed by atoms with Gasteiger partial charge in [0, 0.05) is 12.8 Å². The molecule has 0 radical (unpaired) electrons. The molecule has 184 valence electrons. The number of esters is 1. The highest BCUT2D eigenvalue weighted by molar-refractivity contribution is 5.66. The van der Waals surface area contributed by atoms with Crippen LogP contribution in [0.25, 0.3) is 0 Å². The molecule has 6 rings (SSSR count). The predicted molar refractivity (Wildman–Crippen MR) is 127 cm³/mol. The maximum absolute atomic E-state index is 11.5. The Kier molecular flexibility index (Phi) is 5.18. The Hall–Kier alpha value is -0.870. The summed E-state index contributed by atoms with van der Waals surface area (Å²) in [7, 11) is 0. The molecule has 4 heteroatoms. The van der Waals surface area contributed by atoms with Crippen molar-refractivity contribution in [3.8, 4) is 0 Å². The molecule has 0 aromatic heterocycles. The minimum absolute atomic E-state index is 0.110. The zero-order valence-corrected chi connectivity index (χ0v) is 21.3. The van der Waals surface area contributed by atoms with E-state index in [1.807, 2.05) is 0 Å². The zero-order chi connectivity index (χ0) is 23.2. The topological polar surface area (TPSA) is 44.8 Å². The van der Waals surface area contributed by atoms with E-state index in [1.165, 1.54) is 38.5 Å². The second-order valence-corrected chi connectivity index (χ2v) is 13.3. The smallest absolute Gasteiger partial charge is 0.302 e. The first kappa shape index (κ1) is 22.6. The molecule has 4 nitrogen and oxygen atoms in total. The number of rotatable bonds is 1. The average Bonchev–Trinajstić information content (AvgIpc) is 3.21. The maximum Gasteiger partial charge on any atom is 0.302 e. The number of carbonyl (C=O) groups is 1. The molecule has 5 unspecified atom stereocenters. The summed E-state index contributed by atoms with van der Waals surface area (Å²) in [5.74, 6) is 4.06. The Morgan fingerprint density at radius 1 is 1.00 bits per heavy atom. The van der Waals surface area contributed by atoms with Gasteiger partial charge >= 0.3 is 5.97 Å².